The molecule has 1 aliphatic rings. The van der Waals surface area contributed by atoms with Crippen LogP contribution in [-0.2, 0) is 34.0 Å². The zero-order chi connectivity index (χ0) is 24.7. The fourth-order valence-corrected chi connectivity index (χ4v) is 4.22. The van der Waals surface area contributed by atoms with E-state index >= 15 is 0 Å². The van der Waals surface area contributed by atoms with Crippen LogP contribution in [0.25, 0.3) is 5.69 Å². The Morgan fingerprint density at radius 2 is 1.97 bits per heavy atom. The molecule has 34 heavy (non-hydrogen) atoms. The maximum atomic E-state index is 13.3. The first-order valence-corrected chi connectivity index (χ1v) is 12.1. The van der Waals surface area contributed by atoms with E-state index in [1.807, 2.05) is 6.92 Å². The summed E-state index contributed by atoms with van der Waals surface area (Å²) in [5.74, 6) is 0.207. The van der Waals surface area contributed by atoms with Crippen molar-refractivity contribution in [3.8, 4) is 23.1 Å². The van der Waals surface area contributed by atoms with Crippen molar-refractivity contribution < 1.29 is 35.8 Å². The Kier molecular flexibility index (Phi) is 6.21. The van der Waals surface area contributed by atoms with Crippen molar-refractivity contribution in [1.29, 1.82) is 0 Å². The van der Waals surface area contributed by atoms with E-state index < -0.39 is 21.8 Å². The SMILES string of the molecule is COc1cc(-n2nc(Oc3cccc(NS(C)(=O)=O)c3)c3c2C[C@@H](C)OC3)ccc1C(F)(F)F. The lowest BCUT2D eigenvalue weighted by molar-refractivity contribution is -0.138. The minimum Gasteiger partial charge on any atom is -0.496 e. The highest BCUT2D eigenvalue weighted by atomic mass is 32.2. The lowest BCUT2D eigenvalue weighted by atomic mass is 10.1. The van der Waals surface area contributed by atoms with E-state index in [1.165, 1.54) is 30.0 Å². The van der Waals surface area contributed by atoms with Gasteiger partial charge in [-0.3, -0.25) is 4.72 Å². The van der Waals surface area contributed by atoms with Crippen molar-refractivity contribution >= 4 is 15.7 Å². The van der Waals surface area contributed by atoms with E-state index in [-0.39, 0.29) is 24.3 Å². The average Bonchev–Trinajstić information content (AvgIpc) is 3.09. The number of rotatable bonds is 6. The van der Waals surface area contributed by atoms with Gasteiger partial charge in [-0.05, 0) is 31.2 Å². The van der Waals surface area contributed by atoms with Gasteiger partial charge in [0.1, 0.15) is 11.5 Å². The zero-order valence-electron chi connectivity index (χ0n) is 18.5. The van der Waals surface area contributed by atoms with Gasteiger partial charge in [-0.2, -0.15) is 13.2 Å². The Bertz CT molecular complexity index is 1320. The molecule has 0 aliphatic carbocycles. The van der Waals surface area contributed by atoms with Crippen LogP contribution in [0.4, 0.5) is 18.9 Å². The molecule has 8 nitrogen and oxygen atoms in total. The number of fused-ring (bicyclic) bond motifs is 1. The van der Waals surface area contributed by atoms with Gasteiger partial charge in [-0.1, -0.05) is 6.07 Å². The van der Waals surface area contributed by atoms with E-state index in [0.29, 0.717) is 29.1 Å². The van der Waals surface area contributed by atoms with Gasteiger partial charge in [0.2, 0.25) is 15.9 Å². The van der Waals surface area contributed by atoms with Gasteiger partial charge in [0.05, 0.1) is 54.3 Å². The fraction of sp³-hybridized carbons (Fsp3) is 0.318. The molecular formula is C22H22F3N3O5S. The van der Waals surface area contributed by atoms with E-state index in [0.717, 1.165) is 18.0 Å². The number of alkyl halides is 3. The number of hydrogen-bond acceptors (Lipinski definition) is 6. The highest BCUT2D eigenvalue weighted by molar-refractivity contribution is 7.92. The number of ether oxygens (including phenoxy) is 3. The summed E-state index contributed by atoms with van der Waals surface area (Å²) in [6, 6.07) is 9.86. The molecule has 0 spiro atoms. The largest absolute Gasteiger partial charge is 0.496 e. The van der Waals surface area contributed by atoms with Crippen molar-refractivity contribution in [2.24, 2.45) is 0 Å². The summed E-state index contributed by atoms with van der Waals surface area (Å²) in [5, 5.41) is 4.50. The molecule has 2 aromatic carbocycles. The number of nitrogens with zero attached hydrogens (tertiary/aromatic N) is 2. The number of anilines is 1. The van der Waals surface area contributed by atoms with Gasteiger partial charge in [0.15, 0.2) is 0 Å². The van der Waals surface area contributed by atoms with Gasteiger partial charge in [-0.25, -0.2) is 13.1 Å². The van der Waals surface area contributed by atoms with E-state index in [1.54, 1.807) is 18.2 Å². The smallest absolute Gasteiger partial charge is 0.419 e. The predicted octanol–water partition coefficient (Wildman–Crippen LogP) is 4.52. The molecule has 0 saturated heterocycles. The highest BCUT2D eigenvalue weighted by Gasteiger charge is 2.35. The molecule has 0 bridgehead atoms. The highest BCUT2D eigenvalue weighted by Crippen LogP contribution is 2.39. The molecule has 3 aromatic rings. The van der Waals surface area contributed by atoms with Crippen LogP contribution >= 0.6 is 0 Å². The molecule has 0 amide bonds. The Balaban J connectivity index is 1.75. The van der Waals surface area contributed by atoms with Crippen molar-refractivity contribution in [2.75, 3.05) is 18.1 Å². The number of benzene rings is 2. The Labute approximate surface area is 194 Å². The predicted molar refractivity (Wildman–Crippen MR) is 118 cm³/mol. The molecule has 0 unspecified atom stereocenters. The summed E-state index contributed by atoms with van der Waals surface area (Å²) in [5.41, 5.74) is 1.19. The fourth-order valence-electron chi connectivity index (χ4n) is 3.66. The standard InChI is InChI=1S/C22H22F3N3O5S/c1-13-9-19-17(12-32-13)21(33-16-6-4-5-14(10-16)27-34(3,29)30)26-28(19)15-7-8-18(22(23,24)25)20(11-15)31-2/h4-8,10-11,13,27H,9,12H2,1-3H3/t13-/m1/s1. The maximum Gasteiger partial charge on any atom is 0.419 e. The topological polar surface area (TPSA) is 91.7 Å². The van der Waals surface area contributed by atoms with E-state index in [4.69, 9.17) is 14.2 Å². The van der Waals surface area contributed by atoms with Gasteiger partial charge in [0.25, 0.3) is 0 Å². The van der Waals surface area contributed by atoms with Gasteiger partial charge >= 0.3 is 6.18 Å². The first-order chi connectivity index (χ1) is 15.9. The molecule has 1 N–H and O–H groups in total. The molecule has 2 heterocycles. The zero-order valence-corrected chi connectivity index (χ0v) is 19.3. The second-order valence-electron chi connectivity index (χ2n) is 7.85. The first-order valence-electron chi connectivity index (χ1n) is 10.2. The van der Waals surface area contributed by atoms with Crippen LogP contribution in [0.1, 0.15) is 23.7 Å². The van der Waals surface area contributed by atoms with Crippen LogP contribution in [-0.4, -0.2) is 37.7 Å². The molecule has 4 rings (SSSR count). The summed E-state index contributed by atoms with van der Waals surface area (Å²) < 4.78 is 83.5. The molecule has 1 atom stereocenters. The summed E-state index contributed by atoms with van der Waals surface area (Å²) in [7, 11) is -2.30. The van der Waals surface area contributed by atoms with E-state index in [2.05, 4.69) is 9.82 Å². The molecule has 1 aromatic heterocycles. The Hall–Kier alpha value is -3.25. The third-order valence-electron chi connectivity index (χ3n) is 5.13. The van der Waals surface area contributed by atoms with Gasteiger partial charge in [-0.15, -0.1) is 5.10 Å². The summed E-state index contributed by atoms with van der Waals surface area (Å²) in [6.45, 7) is 2.08. The maximum absolute atomic E-state index is 13.3. The minimum absolute atomic E-state index is 0.130. The molecule has 0 fully saturated rings. The van der Waals surface area contributed by atoms with Crippen LogP contribution < -0.4 is 14.2 Å². The second-order valence-corrected chi connectivity index (χ2v) is 9.60. The molecule has 182 valence electrons. The monoisotopic (exact) mass is 497 g/mol. The second kappa shape index (κ2) is 8.84. The number of nitrogens with one attached hydrogen (secondary N) is 1. The van der Waals surface area contributed by atoms with Crippen molar-refractivity contribution in [1.82, 2.24) is 9.78 Å². The van der Waals surface area contributed by atoms with Crippen LogP contribution in [0.3, 0.4) is 0 Å². The number of halogens is 3. The van der Waals surface area contributed by atoms with Crippen molar-refractivity contribution in [3.05, 3.63) is 59.3 Å². The molecular weight excluding hydrogens is 475 g/mol. The van der Waals surface area contributed by atoms with E-state index in [9.17, 15) is 21.6 Å². The minimum atomic E-state index is -4.56. The number of methoxy groups -OCH3 is 1. The Morgan fingerprint density at radius 3 is 2.65 bits per heavy atom. The molecule has 0 radical (unpaired) electrons. The normalized spacial score (nSPS) is 16.1. The molecule has 0 saturated carbocycles. The van der Waals surface area contributed by atoms with Crippen LogP contribution in [0.15, 0.2) is 42.5 Å². The Morgan fingerprint density at radius 1 is 1.21 bits per heavy atom. The van der Waals surface area contributed by atoms with Crippen LogP contribution in [0.2, 0.25) is 0 Å². The number of aromatic nitrogens is 2. The third kappa shape index (κ3) is 5.12. The number of sulfonamides is 1. The van der Waals surface area contributed by atoms with Gasteiger partial charge in [0, 0.05) is 18.6 Å². The molecule has 12 heteroatoms. The summed E-state index contributed by atoms with van der Waals surface area (Å²) in [6.07, 6.45) is -3.19. The summed E-state index contributed by atoms with van der Waals surface area (Å²) in [4.78, 5) is 0. The summed E-state index contributed by atoms with van der Waals surface area (Å²) >= 11 is 0. The lowest BCUT2D eigenvalue weighted by Crippen LogP contribution is -2.21. The van der Waals surface area contributed by atoms with Gasteiger partial charge < -0.3 is 14.2 Å². The molecule has 1 aliphatic heterocycles. The van der Waals surface area contributed by atoms with Crippen LogP contribution in [0.5, 0.6) is 17.4 Å². The van der Waals surface area contributed by atoms with Crippen LogP contribution in [0, 0.1) is 0 Å². The third-order valence-corrected chi connectivity index (χ3v) is 5.74. The number of hydrogen-bond donors (Lipinski definition) is 1. The quantitative estimate of drug-likeness (QED) is 0.538. The van der Waals surface area contributed by atoms with Crippen molar-refractivity contribution in [3.63, 3.8) is 0 Å². The van der Waals surface area contributed by atoms with Crippen molar-refractivity contribution in [2.45, 2.75) is 32.2 Å². The first kappa shape index (κ1) is 23.9. The average molecular weight is 497 g/mol. The lowest BCUT2D eigenvalue weighted by Gasteiger charge is -2.21.